The van der Waals surface area contributed by atoms with Gasteiger partial charge < -0.3 is 19.6 Å². The van der Waals surface area contributed by atoms with E-state index in [2.05, 4.69) is 384 Å². The van der Waals surface area contributed by atoms with E-state index in [1.165, 1.54) is 86.0 Å². The molecule has 0 spiro atoms. The SMILES string of the molecule is c1ccc(-c2ccc(N(c3ccc(-c4ccccc4)cc3)c3cc4c5c(c3)N(c3c(-c6ccccc6)cccc3-c3ccccc3)c3cc6c(cc3B5c3ccccc3S4)B3c4ccccc4N(c4ccccc4)c4cc(N(c5ccccc5)c5ccccc5)cc(c43)S6)cc2)cc1. The Morgan fingerprint density at radius 1 is 0.224 bits per heavy atom. The van der Waals surface area contributed by atoms with Gasteiger partial charge in [0, 0.05) is 93.3 Å². The number of para-hydroxylation sites is 5. The van der Waals surface area contributed by atoms with Crippen LogP contribution in [0.3, 0.4) is 0 Å². The van der Waals surface area contributed by atoms with Crippen molar-refractivity contribution in [3.05, 3.63) is 364 Å². The highest BCUT2D eigenvalue weighted by Crippen LogP contribution is 2.53. The highest BCUT2D eigenvalue weighted by Gasteiger charge is 2.47. The first-order valence-corrected chi connectivity index (χ1v) is 35.2. The zero-order chi connectivity index (χ0) is 64.6. The minimum atomic E-state index is -0.117. The van der Waals surface area contributed by atoms with E-state index in [1.54, 1.807) is 0 Å². The van der Waals surface area contributed by atoms with Gasteiger partial charge in [0.25, 0.3) is 0 Å². The van der Waals surface area contributed by atoms with Crippen molar-refractivity contribution in [1.82, 2.24) is 0 Å². The molecule has 15 aromatic carbocycles. The topological polar surface area (TPSA) is 13.0 Å². The van der Waals surface area contributed by atoms with Crippen LogP contribution in [0.25, 0.3) is 44.5 Å². The van der Waals surface area contributed by atoms with Crippen LogP contribution in [-0.2, 0) is 0 Å². The predicted molar refractivity (Wildman–Crippen MR) is 417 cm³/mol. The van der Waals surface area contributed by atoms with Gasteiger partial charge in [0.05, 0.1) is 5.69 Å². The number of nitrogens with zero attached hydrogens (tertiary/aromatic N) is 4. The molecule has 0 atom stereocenters. The van der Waals surface area contributed by atoms with E-state index in [-0.39, 0.29) is 13.4 Å². The summed E-state index contributed by atoms with van der Waals surface area (Å²) in [7, 11) is 0. The van der Waals surface area contributed by atoms with Gasteiger partial charge in [0.15, 0.2) is 0 Å². The Morgan fingerprint density at radius 2 is 0.622 bits per heavy atom. The minimum Gasteiger partial charge on any atom is -0.311 e. The standard InChI is InChI=1S/C90H60B2N4S2/c1-8-27-61(28-9-1)63-47-51-70(52-48-63)94(71-53-49-64(50-54-71)62-29-10-2-11-30-62)73-56-83-89-86(57-73)97-84-46-25-23-44-77(84)92(89)78-59-79-85(60-81(78)96(83)90-74(65-31-12-3-13-32-65)41-26-42-75(90)66-33-14-4-15-34-66)98-87-58-72(93(67-35-16-5-17-36-67)68-37-18-6-19-38-68)55-82-88(87)91(79)76-43-22-24-45-80(76)95(82)69-39-20-7-21-40-69/h1-60H. The molecule has 0 saturated carbocycles. The molecule has 0 N–H and O–H groups in total. The molecule has 0 bridgehead atoms. The van der Waals surface area contributed by atoms with E-state index in [4.69, 9.17) is 0 Å². The molecule has 0 amide bonds. The van der Waals surface area contributed by atoms with Crippen molar-refractivity contribution in [2.75, 3.05) is 19.6 Å². The van der Waals surface area contributed by atoms with E-state index in [0.717, 1.165) is 79.1 Å². The van der Waals surface area contributed by atoms with Crippen molar-refractivity contribution in [2.45, 2.75) is 19.6 Å². The summed E-state index contributed by atoms with van der Waals surface area (Å²) in [5.74, 6) is 0. The maximum absolute atomic E-state index is 2.69. The Morgan fingerprint density at radius 3 is 1.14 bits per heavy atom. The number of rotatable bonds is 12. The molecule has 98 heavy (non-hydrogen) atoms. The number of benzene rings is 15. The lowest BCUT2D eigenvalue weighted by atomic mass is 9.31. The first-order chi connectivity index (χ1) is 48.6. The highest BCUT2D eigenvalue weighted by molar-refractivity contribution is 8.00. The molecule has 0 aliphatic carbocycles. The number of fused-ring (bicyclic) bond motifs is 8. The van der Waals surface area contributed by atoms with Crippen LogP contribution in [0, 0.1) is 0 Å². The average Bonchev–Trinajstić information content (AvgIpc) is 0.692. The van der Waals surface area contributed by atoms with Gasteiger partial charge in [-0.3, -0.25) is 0 Å². The summed E-state index contributed by atoms with van der Waals surface area (Å²) < 4.78 is 0. The quantitative estimate of drug-likeness (QED) is 0.112. The van der Waals surface area contributed by atoms with Crippen LogP contribution in [-0.4, -0.2) is 13.4 Å². The molecule has 4 nitrogen and oxygen atoms in total. The van der Waals surface area contributed by atoms with Crippen LogP contribution in [0.4, 0.5) is 68.2 Å². The van der Waals surface area contributed by atoms with E-state index in [9.17, 15) is 0 Å². The summed E-state index contributed by atoms with van der Waals surface area (Å²) in [4.78, 5) is 15.1. The van der Waals surface area contributed by atoms with Gasteiger partial charge in [0.2, 0.25) is 13.4 Å². The predicted octanol–water partition coefficient (Wildman–Crippen LogP) is 20.8. The Balaban J connectivity index is 0.894. The molecule has 0 unspecified atom stereocenters. The first-order valence-electron chi connectivity index (χ1n) is 33.6. The third-order valence-electron chi connectivity index (χ3n) is 19.9. The fraction of sp³-hybridized carbons (Fsp3) is 0. The third kappa shape index (κ3) is 9.81. The molecule has 19 rings (SSSR count). The lowest BCUT2D eigenvalue weighted by Gasteiger charge is -2.44. The van der Waals surface area contributed by atoms with Crippen molar-refractivity contribution >= 4 is 138 Å². The molecule has 0 saturated heterocycles. The molecule has 4 heterocycles. The van der Waals surface area contributed by atoms with Crippen molar-refractivity contribution in [2.24, 2.45) is 0 Å². The van der Waals surface area contributed by atoms with E-state index >= 15 is 0 Å². The zero-order valence-corrected chi connectivity index (χ0v) is 55.0. The van der Waals surface area contributed by atoms with Gasteiger partial charge in [-0.15, -0.1) is 0 Å². The Kier molecular flexibility index (Phi) is 14.3. The van der Waals surface area contributed by atoms with Crippen molar-refractivity contribution in [3.63, 3.8) is 0 Å². The number of hydrogen-bond acceptors (Lipinski definition) is 6. The maximum Gasteiger partial charge on any atom is 0.249 e. The van der Waals surface area contributed by atoms with Gasteiger partial charge in [0.1, 0.15) is 0 Å². The second-order valence-electron chi connectivity index (χ2n) is 25.5. The van der Waals surface area contributed by atoms with Crippen molar-refractivity contribution in [3.8, 4) is 44.5 Å². The van der Waals surface area contributed by atoms with Crippen LogP contribution in [0.2, 0.25) is 0 Å². The fourth-order valence-electron chi connectivity index (χ4n) is 15.6. The van der Waals surface area contributed by atoms with Gasteiger partial charge in [-0.1, -0.05) is 295 Å². The summed E-state index contributed by atoms with van der Waals surface area (Å²) >= 11 is 3.82. The summed E-state index contributed by atoms with van der Waals surface area (Å²) in [5.41, 5.74) is 30.6. The largest absolute Gasteiger partial charge is 0.311 e. The summed E-state index contributed by atoms with van der Waals surface area (Å²) in [6.45, 7) is -0.209. The smallest absolute Gasteiger partial charge is 0.249 e. The second-order valence-corrected chi connectivity index (χ2v) is 27.6. The van der Waals surface area contributed by atoms with Crippen molar-refractivity contribution < 1.29 is 0 Å². The van der Waals surface area contributed by atoms with Gasteiger partial charge >= 0.3 is 0 Å². The molecule has 458 valence electrons. The Bertz CT molecular complexity index is 5340. The van der Waals surface area contributed by atoms with Gasteiger partial charge in [-0.25, -0.2) is 0 Å². The first kappa shape index (κ1) is 57.7. The van der Waals surface area contributed by atoms with E-state index < -0.39 is 0 Å². The maximum atomic E-state index is 2.69. The molecule has 0 fully saturated rings. The average molecular weight is 1280 g/mol. The highest BCUT2D eigenvalue weighted by atomic mass is 32.2. The fourth-order valence-corrected chi connectivity index (χ4v) is 18.0. The lowest BCUT2D eigenvalue weighted by molar-refractivity contribution is 1.22. The van der Waals surface area contributed by atoms with Crippen LogP contribution < -0.4 is 52.4 Å². The van der Waals surface area contributed by atoms with Crippen LogP contribution in [0.5, 0.6) is 0 Å². The molecule has 4 aliphatic heterocycles. The second kappa shape index (κ2) is 24.2. The van der Waals surface area contributed by atoms with Crippen LogP contribution >= 0.6 is 23.5 Å². The number of anilines is 12. The molecule has 15 aromatic rings. The molecule has 4 aliphatic rings. The molecule has 8 heteroatoms. The van der Waals surface area contributed by atoms with Crippen molar-refractivity contribution in [1.29, 1.82) is 0 Å². The monoisotopic (exact) mass is 1280 g/mol. The molecular weight excluding hydrogens is 1220 g/mol. The normalized spacial score (nSPS) is 12.7. The summed E-state index contributed by atoms with van der Waals surface area (Å²) in [6, 6.07) is 135. The zero-order valence-electron chi connectivity index (χ0n) is 53.4. The number of hydrogen-bond donors (Lipinski definition) is 0. The molecule has 0 radical (unpaired) electrons. The Hall–Kier alpha value is -11.7. The van der Waals surface area contributed by atoms with Gasteiger partial charge in [-0.05, 0) is 158 Å². The van der Waals surface area contributed by atoms with E-state index in [1.807, 2.05) is 23.5 Å². The minimum absolute atomic E-state index is 0.0924. The third-order valence-corrected chi connectivity index (χ3v) is 22.2. The van der Waals surface area contributed by atoms with Gasteiger partial charge in [-0.2, -0.15) is 0 Å². The molecular formula is C90H60B2N4S2. The Labute approximate surface area is 581 Å². The summed E-state index contributed by atoms with van der Waals surface area (Å²) in [6.07, 6.45) is 0. The van der Waals surface area contributed by atoms with E-state index in [0.29, 0.717) is 0 Å². The molecule has 0 aromatic heterocycles. The lowest BCUT2D eigenvalue weighted by Crippen LogP contribution is -2.64. The van der Waals surface area contributed by atoms with Crippen LogP contribution in [0.1, 0.15) is 0 Å². The summed E-state index contributed by atoms with van der Waals surface area (Å²) in [5, 5.41) is 0. The van der Waals surface area contributed by atoms with Crippen LogP contribution in [0.15, 0.2) is 384 Å².